The van der Waals surface area contributed by atoms with Crippen molar-refractivity contribution in [1.29, 1.82) is 0 Å². The van der Waals surface area contributed by atoms with Crippen LogP contribution < -0.4 is 10.6 Å². The number of hydrogen-bond donors (Lipinski definition) is 2. The van der Waals surface area contributed by atoms with Gasteiger partial charge < -0.3 is 15.2 Å². The minimum atomic E-state index is -0.928. The summed E-state index contributed by atoms with van der Waals surface area (Å²) in [6.45, 7) is 15.3. The van der Waals surface area contributed by atoms with Gasteiger partial charge in [0.05, 0.1) is 5.54 Å². The Morgan fingerprint density at radius 3 is 2.42 bits per heavy atom. The first-order chi connectivity index (χ1) is 14.0. The van der Waals surface area contributed by atoms with Gasteiger partial charge in [-0.15, -0.1) is 0 Å². The zero-order valence-corrected chi connectivity index (χ0v) is 19.9. The van der Waals surface area contributed by atoms with Crippen LogP contribution >= 0.6 is 0 Å². The minimum absolute atomic E-state index is 0.0652. The number of imide groups is 1. The Kier molecular flexibility index (Phi) is 5.47. The molecule has 1 aliphatic carbocycles. The van der Waals surface area contributed by atoms with E-state index in [1.807, 2.05) is 20.8 Å². The molecule has 2 atom stereocenters. The molecule has 1 saturated carbocycles. The van der Waals surface area contributed by atoms with Gasteiger partial charge in [-0.1, -0.05) is 46.7 Å². The molecular formula is C22H35N5O4. The molecule has 2 N–H and O–H groups in total. The molecule has 1 aromatic heterocycles. The van der Waals surface area contributed by atoms with Crippen LogP contribution in [0.2, 0.25) is 0 Å². The van der Waals surface area contributed by atoms with Crippen molar-refractivity contribution in [3.63, 3.8) is 0 Å². The summed E-state index contributed by atoms with van der Waals surface area (Å²) in [4.78, 5) is 44.1. The third-order valence-electron chi connectivity index (χ3n) is 6.00. The number of amides is 4. The standard InChI is InChI=1S/C22H35N5O4/c1-13-9-20(5,6)12-22(10-13)17(29)27(18(30)25-22)11-14(28)24-21(7,8)15-23-16(31-26-15)19(2,3)4/h13H,9-12H2,1-8H3,(H,24,28)(H,25,30)/t13-,22+/m0/s1. The highest BCUT2D eigenvalue weighted by molar-refractivity contribution is 6.09. The molecule has 2 heterocycles. The third kappa shape index (κ3) is 4.60. The van der Waals surface area contributed by atoms with E-state index in [4.69, 9.17) is 4.52 Å². The van der Waals surface area contributed by atoms with Crippen LogP contribution in [0.4, 0.5) is 4.79 Å². The summed E-state index contributed by atoms with van der Waals surface area (Å²) in [5, 5.41) is 9.72. The van der Waals surface area contributed by atoms with E-state index < -0.39 is 23.0 Å². The van der Waals surface area contributed by atoms with Crippen LogP contribution in [0.1, 0.15) is 86.4 Å². The molecule has 1 aliphatic heterocycles. The maximum atomic E-state index is 13.2. The minimum Gasteiger partial charge on any atom is -0.342 e. The molecule has 0 aromatic carbocycles. The van der Waals surface area contributed by atoms with Gasteiger partial charge in [-0.2, -0.15) is 4.98 Å². The maximum absolute atomic E-state index is 13.2. The van der Waals surface area contributed by atoms with Crippen LogP contribution in [0.15, 0.2) is 4.52 Å². The zero-order valence-electron chi connectivity index (χ0n) is 19.9. The number of rotatable bonds is 4. The maximum Gasteiger partial charge on any atom is 0.325 e. The number of nitrogens with zero attached hydrogens (tertiary/aromatic N) is 3. The van der Waals surface area contributed by atoms with E-state index in [2.05, 4.69) is 41.5 Å². The van der Waals surface area contributed by atoms with Crippen LogP contribution in [-0.2, 0) is 20.5 Å². The molecular weight excluding hydrogens is 398 g/mol. The molecule has 1 spiro atoms. The highest BCUT2D eigenvalue weighted by Crippen LogP contribution is 2.46. The Labute approximate surface area is 183 Å². The average Bonchev–Trinajstić information content (AvgIpc) is 3.14. The second-order valence-electron chi connectivity index (χ2n) is 11.6. The molecule has 172 valence electrons. The normalized spacial score (nSPS) is 26.3. The van der Waals surface area contributed by atoms with E-state index >= 15 is 0 Å². The van der Waals surface area contributed by atoms with Gasteiger partial charge in [0.25, 0.3) is 5.91 Å². The molecule has 2 fully saturated rings. The van der Waals surface area contributed by atoms with E-state index in [0.717, 1.165) is 11.3 Å². The highest BCUT2D eigenvalue weighted by atomic mass is 16.5. The largest absolute Gasteiger partial charge is 0.342 e. The molecule has 31 heavy (non-hydrogen) atoms. The molecule has 9 nitrogen and oxygen atoms in total. The van der Waals surface area contributed by atoms with Crippen molar-refractivity contribution in [3.8, 4) is 0 Å². The van der Waals surface area contributed by atoms with Crippen molar-refractivity contribution in [2.75, 3.05) is 6.54 Å². The van der Waals surface area contributed by atoms with Crippen LogP contribution in [0.3, 0.4) is 0 Å². The molecule has 2 aliphatic rings. The molecule has 9 heteroatoms. The first-order valence-electron chi connectivity index (χ1n) is 10.8. The van der Waals surface area contributed by atoms with Gasteiger partial charge in [0.1, 0.15) is 12.1 Å². The Bertz CT molecular complexity index is 898. The van der Waals surface area contributed by atoms with Crippen molar-refractivity contribution in [2.24, 2.45) is 11.3 Å². The number of carbonyl (C=O) groups excluding carboxylic acids is 3. The first-order valence-corrected chi connectivity index (χ1v) is 10.8. The highest BCUT2D eigenvalue weighted by Gasteiger charge is 2.56. The molecule has 0 radical (unpaired) electrons. The summed E-state index contributed by atoms with van der Waals surface area (Å²) in [7, 11) is 0. The van der Waals surface area contributed by atoms with Gasteiger partial charge in [0.2, 0.25) is 11.8 Å². The van der Waals surface area contributed by atoms with Gasteiger partial charge in [0.15, 0.2) is 5.82 Å². The molecule has 1 aromatic rings. The summed E-state index contributed by atoms with van der Waals surface area (Å²) in [5.41, 5.74) is -2.24. The van der Waals surface area contributed by atoms with E-state index in [9.17, 15) is 14.4 Å². The predicted octanol–water partition coefficient (Wildman–Crippen LogP) is 2.86. The SMILES string of the molecule is C[C@H]1CC(C)(C)C[C@@]2(C1)NC(=O)N(CC(=O)NC(C)(C)c1noc(C(C)(C)C)n1)C2=O. The van der Waals surface area contributed by atoms with Crippen LogP contribution in [0.25, 0.3) is 0 Å². The van der Waals surface area contributed by atoms with Crippen molar-refractivity contribution in [2.45, 2.75) is 91.1 Å². The lowest BCUT2D eigenvalue weighted by atomic mass is 9.64. The smallest absolute Gasteiger partial charge is 0.325 e. The van der Waals surface area contributed by atoms with Crippen LogP contribution in [0.5, 0.6) is 0 Å². The van der Waals surface area contributed by atoms with E-state index in [1.165, 1.54) is 0 Å². The molecule has 0 bridgehead atoms. The molecule has 3 rings (SSSR count). The second kappa shape index (κ2) is 7.31. The van der Waals surface area contributed by atoms with Gasteiger partial charge in [0, 0.05) is 5.41 Å². The fraction of sp³-hybridized carbons (Fsp3) is 0.773. The number of hydrogen-bond acceptors (Lipinski definition) is 6. The molecule has 4 amide bonds. The summed E-state index contributed by atoms with van der Waals surface area (Å²) < 4.78 is 5.33. The van der Waals surface area contributed by atoms with Gasteiger partial charge in [-0.25, -0.2) is 4.79 Å². The Morgan fingerprint density at radius 1 is 1.23 bits per heavy atom. The summed E-state index contributed by atoms with van der Waals surface area (Å²) in [5.74, 6) is 0.323. The quantitative estimate of drug-likeness (QED) is 0.705. The van der Waals surface area contributed by atoms with Crippen molar-refractivity contribution < 1.29 is 18.9 Å². The number of nitrogens with one attached hydrogen (secondary N) is 2. The van der Waals surface area contributed by atoms with Crippen molar-refractivity contribution in [1.82, 2.24) is 25.7 Å². The summed E-state index contributed by atoms with van der Waals surface area (Å²) in [6, 6.07) is -0.516. The van der Waals surface area contributed by atoms with E-state index in [-0.39, 0.29) is 23.3 Å². The third-order valence-corrected chi connectivity index (χ3v) is 6.00. The molecule has 1 saturated heterocycles. The van der Waals surface area contributed by atoms with Crippen molar-refractivity contribution >= 4 is 17.8 Å². The van der Waals surface area contributed by atoms with Gasteiger partial charge in [-0.3, -0.25) is 14.5 Å². The van der Waals surface area contributed by atoms with Gasteiger partial charge >= 0.3 is 6.03 Å². The first kappa shape index (κ1) is 23.2. The fourth-order valence-electron chi connectivity index (χ4n) is 5.02. The lowest BCUT2D eigenvalue weighted by Crippen LogP contribution is -2.54. The zero-order chi connectivity index (χ0) is 23.4. The number of aromatic nitrogens is 2. The topological polar surface area (TPSA) is 117 Å². The van der Waals surface area contributed by atoms with Crippen LogP contribution in [0, 0.1) is 11.3 Å². The average molecular weight is 434 g/mol. The number of carbonyl (C=O) groups is 3. The van der Waals surface area contributed by atoms with Crippen molar-refractivity contribution in [3.05, 3.63) is 11.7 Å². The Balaban J connectivity index is 1.71. The number of urea groups is 1. The lowest BCUT2D eigenvalue weighted by molar-refractivity contribution is -0.138. The van der Waals surface area contributed by atoms with E-state index in [1.54, 1.807) is 13.8 Å². The molecule has 0 unspecified atom stereocenters. The summed E-state index contributed by atoms with van der Waals surface area (Å²) >= 11 is 0. The second-order valence-corrected chi connectivity index (χ2v) is 11.6. The summed E-state index contributed by atoms with van der Waals surface area (Å²) in [6.07, 6.45) is 2.15. The Hall–Kier alpha value is -2.45. The Morgan fingerprint density at radius 2 is 1.87 bits per heavy atom. The van der Waals surface area contributed by atoms with Crippen LogP contribution in [-0.4, -0.2) is 45.0 Å². The van der Waals surface area contributed by atoms with Gasteiger partial charge in [-0.05, 0) is 44.4 Å². The fourth-order valence-corrected chi connectivity index (χ4v) is 5.02. The monoisotopic (exact) mass is 433 g/mol. The predicted molar refractivity (Wildman–Crippen MR) is 114 cm³/mol. The van der Waals surface area contributed by atoms with E-state index in [0.29, 0.717) is 30.5 Å². The lowest BCUT2D eigenvalue weighted by Gasteiger charge is -2.43.